The van der Waals surface area contributed by atoms with E-state index in [0.29, 0.717) is 24.0 Å². The zero-order valence-electron chi connectivity index (χ0n) is 9.33. The van der Waals surface area contributed by atoms with Gasteiger partial charge in [0.25, 0.3) is 5.56 Å². The lowest BCUT2D eigenvalue weighted by Gasteiger charge is -2.11. The number of amides is 1. The number of rotatable bonds is 3. The molecule has 0 fully saturated rings. The van der Waals surface area contributed by atoms with Crippen molar-refractivity contribution in [3.05, 3.63) is 33.2 Å². The molecule has 2 N–H and O–H groups in total. The Morgan fingerprint density at radius 2 is 1.87 bits per heavy atom. The number of carbonyl (C=O) groups excluding carboxylic acids is 1. The van der Waals surface area contributed by atoms with Crippen molar-refractivity contribution in [2.24, 2.45) is 12.8 Å². The van der Waals surface area contributed by atoms with Gasteiger partial charge >= 0.3 is 0 Å². The molecule has 4 heteroatoms. The molecular formula is C11H16N2O2. The largest absolute Gasteiger partial charge is 0.366 e. The van der Waals surface area contributed by atoms with Crippen molar-refractivity contribution in [3.63, 3.8) is 0 Å². The summed E-state index contributed by atoms with van der Waals surface area (Å²) < 4.78 is 1.41. The number of hydrogen-bond acceptors (Lipinski definition) is 2. The van der Waals surface area contributed by atoms with Gasteiger partial charge in [-0.1, -0.05) is 13.8 Å². The minimum absolute atomic E-state index is 0.0423. The highest BCUT2D eigenvalue weighted by Gasteiger charge is 2.14. The predicted molar refractivity (Wildman–Crippen MR) is 59.0 cm³/mol. The van der Waals surface area contributed by atoms with E-state index in [2.05, 4.69) is 0 Å². The normalized spacial score (nSPS) is 10.3. The molecule has 0 aliphatic heterocycles. The van der Waals surface area contributed by atoms with Crippen LogP contribution in [0.4, 0.5) is 0 Å². The standard InChI is InChI=1S/C11H16N2O2/c1-4-7-8(5-2)11(15)13(3)6-9(7)10(12)14/h6H,4-5H2,1-3H3,(H2,12,14). The molecular weight excluding hydrogens is 192 g/mol. The minimum atomic E-state index is -0.475. The van der Waals surface area contributed by atoms with Gasteiger partial charge in [-0.15, -0.1) is 0 Å². The Balaban J connectivity index is 3.62. The van der Waals surface area contributed by atoms with Crippen LogP contribution in [0, 0.1) is 0 Å². The lowest BCUT2D eigenvalue weighted by Crippen LogP contribution is -2.27. The van der Waals surface area contributed by atoms with E-state index in [-0.39, 0.29) is 5.56 Å². The molecule has 15 heavy (non-hydrogen) atoms. The summed E-state index contributed by atoms with van der Waals surface area (Å²) in [6.07, 6.45) is 2.79. The molecule has 0 bridgehead atoms. The Morgan fingerprint density at radius 1 is 1.33 bits per heavy atom. The lowest BCUT2D eigenvalue weighted by atomic mass is 9.99. The SMILES string of the molecule is CCc1c(C(N)=O)cn(C)c(=O)c1CC. The highest BCUT2D eigenvalue weighted by atomic mass is 16.1. The quantitative estimate of drug-likeness (QED) is 0.790. The van der Waals surface area contributed by atoms with E-state index in [0.717, 1.165) is 5.56 Å². The Hall–Kier alpha value is -1.58. The molecule has 1 aromatic heterocycles. The van der Waals surface area contributed by atoms with Crippen molar-refractivity contribution in [3.8, 4) is 0 Å². The summed E-state index contributed by atoms with van der Waals surface area (Å²) in [7, 11) is 1.63. The van der Waals surface area contributed by atoms with Crippen LogP contribution in [0.3, 0.4) is 0 Å². The van der Waals surface area contributed by atoms with Crippen LogP contribution < -0.4 is 11.3 Å². The number of aromatic nitrogens is 1. The maximum atomic E-state index is 11.8. The van der Waals surface area contributed by atoms with Crippen molar-refractivity contribution in [1.82, 2.24) is 4.57 Å². The second-order valence-corrected chi connectivity index (χ2v) is 3.49. The first-order valence-electron chi connectivity index (χ1n) is 5.04. The van der Waals surface area contributed by atoms with Crippen molar-refractivity contribution in [2.45, 2.75) is 26.7 Å². The molecule has 82 valence electrons. The molecule has 0 radical (unpaired) electrons. The van der Waals surface area contributed by atoms with Crippen molar-refractivity contribution in [2.75, 3.05) is 0 Å². The van der Waals surface area contributed by atoms with Gasteiger partial charge in [0.1, 0.15) is 0 Å². The van der Waals surface area contributed by atoms with Crippen LogP contribution in [0.25, 0.3) is 0 Å². The van der Waals surface area contributed by atoms with Gasteiger partial charge in [-0.2, -0.15) is 0 Å². The topological polar surface area (TPSA) is 65.1 Å². The number of nitrogens with zero attached hydrogens (tertiary/aromatic N) is 1. The average Bonchev–Trinajstić information content (AvgIpc) is 2.20. The highest BCUT2D eigenvalue weighted by molar-refractivity contribution is 5.94. The number of hydrogen-bond donors (Lipinski definition) is 1. The average molecular weight is 208 g/mol. The zero-order chi connectivity index (χ0) is 11.6. The first-order valence-corrected chi connectivity index (χ1v) is 5.04. The highest BCUT2D eigenvalue weighted by Crippen LogP contribution is 2.12. The molecule has 1 heterocycles. The Morgan fingerprint density at radius 3 is 2.27 bits per heavy atom. The van der Waals surface area contributed by atoms with E-state index >= 15 is 0 Å². The number of nitrogens with two attached hydrogens (primary N) is 1. The summed E-state index contributed by atoms with van der Waals surface area (Å²) in [6, 6.07) is 0. The van der Waals surface area contributed by atoms with Gasteiger partial charge in [0.15, 0.2) is 0 Å². The van der Waals surface area contributed by atoms with Crippen LogP contribution >= 0.6 is 0 Å². The van der Waals surface area contributed by atoms with E-state index in [1.165, 1.54) is 10.8 Å². The molecule has 1 amide bonds. The number of pyridine rings is 1. The fourth-order valence-electron chi connectivity index (χ4n) is 1.82. The first kappa shape index (κ1) is 11.5. The third-order valence-corrected chi connectivity index (χ3v) is 2.56. The van der Waals surface area contributed by atoms with E-state index in [1.54, 1.807) is 7.05 Å². The Labute approximate surface area is 88.7 Å². The molecule has 0 saturated heterocycles. The fraction of sp³-hybridized carbons (Fsp3) is 0.455. The summed E-state index contributed by atoms with van der Waals surface area (Å²) >= 11 is 0. The van der Waals surface area contributed by atoms with Crippen LogP contribution in [0.1, 0.15) is 35.3 Å². The van der Waals surface area contributed by atoms with Crippen LogP contribution in [-0.4, -0.2) is 10.5 Å². The summed E-state index contributed by atoms with van der Waals surface area (Å²) in [5.74, 6) is -0.475. The van der Waals surface area contributed by atoms with Gasteiger partial charge in [0, 0.05) is 18.8 Å². The molecule has 0 spiro atoms. The minimum Gasteiger partial charge on any atom is -0.366 e. The molecule has 0 aliphatic carbocycles. The molecule has 4 nitrogen and oxygen atoms in total. The molecule has 0 aliphatic rings. The number of carbonyl (C=O) groups is 1. The van der Waals surface area contributed by atoms with Gasteiger partial charge in [-0.3, -0.25) is 9.59 Å². The summed E-state index contributed by atoms with van der Waals surface area (Å²) in [6.45, 7) is 3.82. The number of primary amides is 1. The van der Waals surface area contributed by atoms with Crippen molar-refractivity contribution in [1.29, 1.82) is 0 Å². The fourth-order valence-corrected chi connectivity index (χ4v) is 1.82. The Kier molecular flexibility index (Phi) is 3.29. The summed E-state index contributed by atoms with van der Waals surface area (Å²) in [4.78, 5) is 23.0. The van der Waals surface area contributed by atoms with Gasteiger partial charge < -0.3 is 10.3 Å². The molecule has 1 aromatic rings. The van der Waals surface area contributed by atoms with Gasteiger partial charge in [-0.05, 0) is 18.4 Å². The van der Waals surface area contributed by atoms with E-state index in [1.807, 2.05) is 13.8 Å². The van der Waals surface area contributed by atoms with Gasteiger partial charge in [-0.25, -0.2) is 0 Å². The van der Waals surface area contributed by atoms with Crippen LogP contribution in [0.2, 0.25) is 0 Å². The number of aryl methyl sites for hydroxylation is 1. The zero-order valence-corrected chi connectivity index (χ0v) is 9.33. The maximum Gasteiger partial charge on any atom is 0.253 e. The summed E-state index contributed by atoms with van der Waals surface area (Å²) in [5, 5.41) is 0. The smallest absolute Gasteiger partial charge is 0.253 e. The lowest BCUT2D eigenvalue weighted by molar-refractivity contribution is 0.0998. The Bertz CT molecular complexity index is 447. The van der Waals surface area contributed by atoms with Crippen molar-refractivity contribution >= 4 is 5.91 Å². The first-order chi connectivity index (χ1) is 7.02. The molecule has 1 rings (SSSR count). The second kappa shape index (κ2) is 4.29. The third kappa shape index (κ3) is 1.93. The van der Waals surface area contributed by atoms with Crippen LogP contribution in [-0.2, 0) is 19.9 Å². The third-order valence-electron chi connectivity index (χ3n) is 2.56. The molecule has 0 saturated carbocycles. The van der Waals surface area contributed by atoms with Gasteiger partial charge in [0.05, 0.1) is 5.56 Å². The summed E-state index contributed by atoms with van der Waals surface area (Å²) in [5.41, 5.74) is 7.17. The van der Waals surface area contributed by atoms with E-state index in [4.69, 9.17) is 5.73 Å². The van der Waals surface area contributed by atoms with Gasteiger partial charge in [0.2, 0.25) is 5.91 Å². The molecule has 0 aromatic carbocycles. The van der Waals surface area contributed by atoms with Crippen LogP contribution in [0.15, 0.2) is 11.0 Å². The van der Waals surface area contributed by atoms with Crippen LogP contribution in [0.5, 0.6) is 0 Å². The van der Waals surface area contributed by atoms with E-state index in [9.17, 15) is 9.59 Å². The molecule has 0 atom stereocenters. The monoisotopic (exact) mass is 208 g/mol. The maximum absolute atomic E-state index is 11.8. The molecule has 0 unspecified atom stereocenters. The van der Waals surface area contributed by atoms with E-state index < -0.39 is 5.91 Å². The predicted octanol–water partition coefficient (Wildman–Crippen LogP) is 0.609. The van der Waals surface area contributed by atoms with Crippen molar-refractivity contribution < 1.29 is 4.79 Å². The second-order valence-electron chi connectivity index (χ2n) is 3.49.